The first-order valence-electron chi connectivity index (χ1n) is 19.6. The molecule has 2 nitrogen and oxygen atoms in total. The van der Waals surface area contributed by atoms with Gasteiger partial charge in [0.2, 0.25) is 0 Å². The Kier molecular flexibility index (Phi) is 7.75. The third-order valence-electron chi connectivity index (χ3n) is 11.8. The van der Waals surface area contributed by atoms with Gasteiger partial charge in [-0.2, -0.15) is 0 Å². The zero-order valence-corrected chi connectivity index (χ0v) is 31.2. The zero-order chi connectivity index (χ0) is 37.8. The first-order chi connectivity index (χ1) is 28.2. The molecule has 8 aromatic carbocycles. The van der Waals surface area contributed by atoms with E-state index in [0.717, 1.165) is 44.5 Å². The molecule has 0 spiro atoms. The van der Waals surface area contributed by atoms with E-state index in [1.807, 2.05) is 24.4 Å². The molecule has 0 atom stereocenters. The number of hydrogen-bond acceptors (Lipinski definition) is 2. The van der Waals surface area contributed by atoms with Gasteiger partial charge in [-0.25, -0.2) is 4.98 Å². The van der Waals surface area contributed by atoms with Crippen molar-refractivity contribution in [2.45, 2.75) is 5.41 Å². The molecule has 1 aliphatic rings. The number of pyridine rings is 2. The Hall–Kier alpha value is -7.42. The van der Waals surface area contributed by atoms with Gasteiger partial charge in [-0.1, -0.05) is 170 Å². The molecular weight excluding hydrogens is 689 g/mol. The summed E-state index contributed by atoms with van der Waals surface area (Å²) in [7, 11) is 0. The molecule has 266 valence electrons. The van der Waals surface area contributed by atoms with Gasteiger partial charge in [0.1, 0.15) is 0 Å². The summed E-state index contributed by atoms with van der Waals surface area (Å²) < 4.78 is 0. The SMILES string of the molecule is c1ccc(-c2cc(-c3ccccn3)nc3cc(-c4ccc5ccc(-c6ccc7c(c6)C(c6ccccc6)(c6ccccc6)c6ccccc6-7)cc5c4)ccc23)cc1. The van der Waals surface area contributed by atoms with E-state index < -0.39 is 5.41 Å². The molecule has 0 amide bonds. The Morgan fingerprint density at radius 1 is 0.333 bits per heavy atom. The lowest BCUT2D eigenvalue weighted by atomic mass is 9.67. The predicted molar refractivity (Wildman–Crippen MR) is 236 cm³/mol. The monoisotopic (exact) mass is 724 g/mol. The van der Waals surface area contributed by atoms with Gasteiger partial charge >= 0.3 is 0 Å². The third kappa shape index (κ3) is 5.41. The fourth-order valence-electron chi connectivity index (χ4n) is 9.14. The van der Waals surface area contributed by atoms with Gasteiger partial charge in [0.05, 0.1) is 22.3 Å². The molecular formula is C55H36N2. The van der Waals surface area contributed by atoms with E-state index in [1.54, 1.807) is 0 Å². The highest BCUT2D eigenvalue weighted by molar-refractivity contribution is 5.99. The smallest absolute Gasteiger partial charge is 0.0900 e. The van der Waals surface area contributed by atoms with Crippen molar-refractivity contribution in [2.24, 2.45) is 0 Å². The van der Waals surface area contributed by atoms with Crippen LogP contribution in [0.1, 0.15) is 22.3 Å². The Bertz CT molecular complexity index is 3060. The summed E-state index contributed by atoms with van der Waals surface area (Å²) in [5.41, 5.74) is 17.0. The second-order valence-electron chi connectivity index (χ2n) is 14.9. The van der Waals surface area contributed by atoms with E-state index in [-0.39, 0.29) is 0 Å². The molecule has 2 heterocycles. The van der Waals surface area contributed by atoms with Crippen molar-refractivity contribution >= 4 is 21.7 Å². The summed E-state index contributed by atoms with van der Waals surface area (Å²) >= 11 is 0. The lowest BCUT2D eigenvalue weighted by Gasteiger charge is -2.34. The Morgan fingerprint density at radius 3 is 1.61 bits per heavy atom. The van der Waals surface area contributed by atoms with Gasteiger partial charge in [-0.05, 0) is 120 Å². The first kappa shape index (κ1) is 33.0. The minimum Gasteiger partial charge on any atom is -0.255 e. The molecule has 10 aromatic rings. The highest BCUT2D eigenvalue weighted by Crippen LogP contribution is 2.56. The van der Waals surface area contributed by atoms with Gasteiger partial charge in [0.15, 0.2) is 0 Å². The maximum Gasteiger partial charge on any atom is 0.0900 e. The van der Waals surface area contributed by atoms with Crippen molar-refractivity contribution in [2.75, 3.05) is 0 Å². The zero-order valence-electron chi connectivity index (χ0n) is 31.2. The molecule has 2 aromatic heterocycles. The molecule has 0 saturated carbocycles. The number of rotatable bonds is 6. The summed E-state index contributed by atoms with van der Waals surface area (Å²) in [6, 6.07) is 77.1. The van der Waals surface area contributed by atoms with Crippen molar-refractivity contribution in [3.05, 3.63) is 241 Å². The number of hydrogen-bond donors (Lipinski definition) is 0. The summed E-state index contributed by atoms with van der Waals surface area (Å²) in [6.07, 6.45) is 1.83. The van der Waals surface area contributed by atoms with Crippen LogP contribution in [0.2, 0.25) is 0 Å². The Morgan fingerprint density at radius 2 is 0.912 bits per heavy atom. The quantitative estimate of drug-likeness (QED) is 0.171. The maximum absolute atomic E-state index is 5.17. The van der Waals surface area contributed by atoms with Crippen molar-refractivity contribution in [1.29, 1.82) is 0 Å². The van der Waals surface area contributed by atoms with Crippen LogP contribution < -0.4 is 0 Å². The van der Waals surface area contributed by atoms with Crippen LogP contribution in [-0.2, 0) is 5.41 Å². The van der Waals surface area contributed by atoms with E-state index in [0.29, 0.717) is 0 Å². The summed E-state index contributed by atoms with van der Waals surface area (Å²) in [5.74, 6) is 0. The van der Waals surface area contributed by atoms with Crippen molar-refractivity contribution in [3.8, 4) is 55.9 Å². The van der Waals surface area contributed by atoms with Crippen LogP contribution in [0.25, 0.3) is 77.6 Å². The standard InChI is InChI=1S/C55H36N2/c1-4-14-38(15-5-1)49-36-54(52-22-12-13-31-56-52)57-53-35-42(28-30-48(49)53)40-26-24-37-23-25-39(32-43(37)33-40)41-27-29-47-46-20-10-11-21-50(46)55(51(47)34-41,44-16-6-2-7-17-44)45-18-8-3-9-19-45/h1-36H. The minimum absolute atomic E-state index is 0.435. The summed E-state index contributed by atoms with van der Waals surface area (Å²) in [6.45, 7) is 0. The van der Waals surface area contributed by atoms with Crippen molar-refractivity contribution < 1.29 is 0 Å². The summed E-state index contributed by atoms with van der Waals surface area (Å²) in [5, 5.41) is 3.53. The highest BCUT2D eigenvalue weighted by atomic mass is 14.8. The number of nitrogens with zero attached hydrogens (tertiary/aromatic N) is 2. The third-order valence-corrected chi connectivity index (χ3v) is 11.8. The predicted octanol–water partition coefficient (Wildman–Crippen LogP) is 13.8. The average Bonchev–Trinajstić information content (AvgIpc) is 3.59. The summed E-state index contributed by atoms with van der Waals surface area (Å²) in [4.78, 5) is 9.81. The molecule has 0 saturated heterocycles. The van der Waals surface area contributed by atoms with Crippen molar-refractivity contribution in [1.82, 2.24) is 9.97 Å². The minimum atomic E-state index is -0.435. The van der Waals surface area contributed by atoms with E-state index >= 15 is 0 Å². The van der Waals surface area contributed by atoms with Gasteiger partial charge in [0.25, 0.3) is 0 Å². The molecule has 0 bridgehead atoms. The van der Waals surface area contributed by atoms with E-state index in [4.69, 9.17) is 4.98 Å². The van der Waals surface area contributed by atoms with Crippen molar-refractivity contribution in [3.63, 3.8) is 0 Å². The highest BCUT2D eigenvalue weighted by Gasteiger charge is 2.46. The average molecular weight is 725 g/mol. The van der Waals surface area contributed by atoms with E-state index in [9.17, 15) is 0 Å². The van der Waals surface area contributed by atoms with Crippen LogP contribution >= 0.6 is 0 Å². The Labute approximate surface area is 332 Å². The van der Waals surface area contributed by atoms with Gasteiger partial charge in [-0.3, -0.25) is 4.98 Å². The van der Waals surface area contributed by atoms with Gasteiger partial charge in [0, 0.05) is 11.6 Å². The fraction of sp³-hybridized carbons (Fsp3) is 0.0182. The molecule has 0 fully saturated rings. The first-order valence-corrected chi connectivity index (χ1v) is 19.6. The molecule has 11 rings (SSSR count). The normalized spacial score (nSPS) is 12.7. The van der Waals surface area contributed by atoms with Crippen LogP contribution in [-0.4, -0.2) is 9.97 Å². The molecule has 0 unspecified atom stereocenters. The molecule has 1 aliphatic carbocycles. The number of benzene rings is 8. The molecule has 2 heteroatoms. The van der Waals surface area contributed by atoms with E-state index in [1.165, 1.54) is 55.3 Å². The molecule has 57 heavy (non-hydrogen) atoms. The molecule has 0 aliphatic heterocycles. The number of aromatic nitrogens is 2. The fourth-order valence-corrected chi connectivity index (χ4v) is 9.14. The largest absolute Gasteiger partial charge is 0.255 e. The Balaban J connectivity index is 1.04. The van der Waals surface area contributed by atoms with E-state index in [2.05, 4.69) is 199 Å². The van der Waals surface area contributed by atoms with Gasteiger partial charge in [-0.15, -0.1) is 0 Å². The lowest BCUT2D eigenvalue weighted by Crippen LogP contribution is -2.28. The molecule has 0 N–H and O–H groups in total. The van der Waals surface area contributed by atoms with Crippen LogP contribution in [0.4, 0.5) is 0 Å². The second kappa shape index (κ2) is 13.4. The second-order valence-corrected chi connectivity index (χ2v) is 14.9. The van der Waals surface area contributed by atoms with Crippen LogP contribution in [0.5, 0.6) is 0 Å². The maximum atomic E-state index is 5.17. The van der Waals surface area contributed by atoms with Crippen LogP contribution in [0.15, 0.2) is 219 Å². The number of fused-ring (bicyclic) bond motifs is 5. The van der Waals surface area contributed by atoms with Crippen LogP contribution in [0, 0.1) is 0 Å². The van der Waals surface area contributed by atoms with Gasteiger partial charge < -0.3 is 0 Å². The van der Waals surface area contributed by atoms with Crippen LogP contribution in [0.3, 0.4) is 0 Å². The lowest BCUT2D eigenvalue weighted by molar-refractivity contribution is 0.769. The molecule has 0 radical (unpaired) electrons. The topological polar surface area (TPSA) is 25.8 Å².